The number of carboxylic acid groups (broad SMARTS) is 1. The van der Waals surface area contributed by atoms with Gasteiger partial charge in [-0.1, -0.05) is 49.5 Å². The van der Waals surface area contributed by atoms with Crippen LogP contribution in [0, 0.1) is 4.91 Å². The molecule has 2 rings (SSSR count). The highest BCUT2D eigenvalue weighted by Gasteiger charge is 2.20. The molecule has 0 saturated carbocycles. The van der Waals surface area contributed by atoms with E-state index in [0.717, 1.165) is 35.5 Å². The topological polar surface area (TPSA) is 96.2 Å². The predicted octanol–water partition coefficient (Wildman–Crippen LogP) is 7.36. The van der Waals surface area contributed by atoms with E-state index in [2.05, 4.69) is 5.18 Å². The number of phenolic OH excluding ortho intramolecular Hbond substituents is 1. The van der Waals surface area contributed by atoms with E-state index in [9.17, 15) is 14.8 Å². The largest absolute Gasteiger partial charge is 0.507 e. The predicted molar refractivity (Wildman–Crippen MR) is 134 cm³/mol. The summed E-state index contributed by atoms with van der Waals surface area (Å²) in [5.74, 6) is 0.0376. The molecular formula is C25H32ClNO5S. The van der Waals surface area contributed by atoms with Gasteiger partial charge in [0.05, 0.1) is 17.5 Å². The number of thioether (sulfide) groups is 1. The number of phenols is 1. The Balaban J connectivity index is 1.97. The molecule has 6 nitrogen and oxygen atoms in total. The third-order valence-corrected chi connectivity index (χ3v) is 7.03. The highest BCUT2D eigenvalue weighted by molar-refractivity contribution is 7.99. The van der Waals surface area contributed by atoms with Crippen LogP contribution in [0.25, 0.3) is 0 Å². The van der Waals surface area contributed by atoms with Crippen molar-refractivity contribution in [2.24, 2.45) is 5.18 Å². The standard InChI is InChI=1S/C25H32ClNO5S/c1-4-7-19-22(11-10-18(24(19)28)21(27-31)8-5-2)32-13-6-14-33-23-12-9-17(15-20(23)26)16(3)25(29)30/h9-12,15-16,21,28H,4-8,13-14H2,1-3H3,(H,29,30). The van der Waals surface area contributed by atoms with Crippen molar-refractivity contribution in [3.8, 4) is 11.5 Å². The quantitative estimate of drug-likeness (QED) is 0.162. The Kier molecular flexibility index (Phi) is 11.0. The number of carbonyl (C=O) groups is 1. The summed E-state index contributed by atoms with van der Waals surface area (Å²) < 4.78 is 5.96. The Morgan fingerprint density at radius 3 is 2.58 bits per heavy atom. The van der Waals surface area contributed by atoms with Gasteiger partial charge in [0, 0.05) is 21.8 Å². The average Bonchev–Trinajstić information content (AvgIpc) is 2.80. The first-order valence-electron chi connectivity index (χ1n) is 11.3. The molecule has 8 heteroatoms. The highest BCUT2D eigenvalue weighted by Crippen LogP contribution is 2.38. The number of aromatic hydroxyl groups is 1. The van der Waals surface area contributed by atoms with Crippen molar-refractivity contribution in [1.82, 2.24) is 0 Å². The van der Waals surface area contributed by atoms with Crippen LogP contribution in [-0.2, 0) is 11.2 Å². The minimum atomic E-state index is -0.881. The molecule has 33 heavy (non-hydrogen) atoms. The molecule has 0 heterocycles. The second-order valence-electron chi connectivity index (χ2n) is 7.94. The molecule has 0 aliphatic heterocycles. The van der Waals surface area contributed by atoms with Crippen LogP contribution in [0.15, 0.2) is 40.4 Å². The van der Waals surface area contributed by atoms with Gasteiger partial charge < -0.3 is 14.9 Å². The monoisotopic (exact) mass is 493 g/mol. The zero-order valence-electron chi connectivity index (χ0n) is 19.3. The van der Waals surface area contributed by atoms with Gasteiger partial charge in [0.15, 0.2) is 0 Å². The van der Waals surface area contributed by atoms with Gasteiger partial charge in [-0.3, -0.25) is 4.79 Å². The number of aliphatic carboxylic acids is 1. The van der Waals surface area contributed by atoms with Gasteiger partial charge in [0.2, 0.25) is 0 Å². The summed E-state index contributed by atoms with van der Waals surface area (Å²) >= 11 is 7.92. The van der Waals surface area contributed by atoms with Crippen molar-refractivity contribution >= 4 is 29.3 Å². The van der Waals surface area contributed by atoms with Gasteiger partial charge in [-0.25, -0.2) is 0 Å². The second-order valence-corrected chi connectivity index (χ2v) is 9.48. The van der Waals surface area contributed by atoms with Crippen molar-refractivity contribution in [3.63, 3.8) is 0 Å². The van der Waals surface area contributed by atoms with Crippen molar-refractivity contribution in [2.75, 3.05) is 12.4 Å². The molecular weight excluding hydrogens is 462 g/mol. The number of halogens is 1. The molecule has 0 aromatic heterocycles. The Bertz CT molecular complexity index is 953. The zero-order chi connectivity index (χ0) is 24.4. The second kappa shape index (κ2) is 13.5. The third-order valence-electron chi connectivity index (χ3n) is 5.45. The van der Waals surface area contributed by atoms with Crippen LogP contribution in [0.2, 0.25) is 5.02 Å². The van der Waals surface area contributed by atoms with E-state index in [-0.39, 0.29) is 5.75 Å². The Labute approximate surface area is 204 Å². The maximum Gasteiger partial charge on any atom is 0.310 e. The molecule has 0 aliphatic rings. The van der Waals surface area contributed by atoms with E-state index < -0.39 is 17.9 Å². The molecule has 2 aromatic rings. The summed E-state index contributed by atoms with van der Waals surface area (Å²) in [4.78, 5) is 23.3. The van der Waals surface area contributed by atoms with Crippen LogP contribution in [0.5, 0.6) is 11.5 Å². The number of nitroso groups, excluding NO2 is 1. The van der Waals surface area contributed by atoms with Gasteiger partial charge in [0.25, 0.3) is 0 Å². The van der Waals surface area contributed by atoms with Crippen molar-refractivity contribution in [3.05, 3.63) is 57.0 Å². The van der Waals surface area contributed by atoms with E-state index in [1.807, 2.05) is 26.0 Å². The van der Waals surface area contributed by atoms with Crippen LogP contribution in [0.1, 0.15) is 75.1 Å². The lowest BCUT2D eigenvalue weighted by molar-refractivity contribution is -0.138. The van der Waals surface area contributed by atoms with Crippen molar-refractivity contribution in [1.29, 1.82) is 0 Å². The number of ether oxygens (including phenoxy) is 1. The number of rotatable bonds is 14. The molecule has 2 N–H and O–H groups in total. The Morgan fingerprint density at radius 2 is 1.97 bits per heavy atom. The molecule has 2 atom stereocenters. The summed E-state index contributed by atoms with van der Waals surface area (Å²) in [5, 5.41) is 23.7. The first kappa shape index (κ1) is 27.0. The van der Waals surface area contributed by atoms with Crippen LogP contribution < -0.4 is 4.74 Å². The minimum Gasteiger partial charge on any atom is -0.507 e. The fourth-order valence-electron chi connectivity index (χ4n) is 3.54. The van der Waals surface area contributed by atoms with Gasteiger partial charge in [-0.2, -0.15) is 4.91 Å². The van der Waals surface area contributed by atoms with E-state index in [1.54, 1.807) is 36.9 Å². The molecule has 180 valence electrons. The maximum atomic E-state index is 11.2. The van der Waals surface area contributed by atoms with E-state index in [4.69, 9.17) is 21.4 Å². The first-order chi connectivity index (χ1) is 15.8. The lowest BCUT2D eigenvalue weighted by atomic mass is 9.97. The number of hydrogen-bond acceptors (Lipinski definition) is 6. The van der Waals surface area contributed by atoms with E-state index in [0.29, 0.717) is 41.3 Å². The van der Waals surface area contributed by atoms with Crippen molar-refractivity contribution < 1.29 is 19.7 Å². The van der Waals surface area contributed by atoms with Gasteiger partial charge >= 0.3 is 5.97 Å². The molecule has 2 aromatic carbocycles. The lowest BCUT2D eigenvalue weighted by Crippen LogP contribution is -2.07. The molecule has 0 bridgehead atoms. The maximum absolute atomic E-state index is 11.2. The Morgan fingerprint density at radius 1 is 1.21 bits per heavy atom. The van der Waals surface area contributed by atoms with Crippen molar-refractivity contribution in [2.45, 2.75) is 69.7 Å². The average molecular weight is 494 g/mol. The van der Waals surface area contributed by atoms with Crippen LogP contribution >= 0.6 is 23.4 Å². The van der Waals surface area contributed by atoms with E-state index in [1.165, 1.54) is 0 Å². The molecule has 0 amide bonds. The minimum absolute atomic E-state index is 0.115. The number of nitrogens with zero attached hydrogens (tertiary/aromatic N) is 1. The van der Waals surface area contributed by atoms with Crippen LogP contribution in [0.4, 0.5) is 0 Å². The number of benzene rings is 2. The molecule has 0 spiro atoms. The van der Waals surface area contributed by atoms with Gasteiger partial charge in [-0.15, -0.1) is 11.8 Å². The molecule has 2 unspecified atom stereocenters. The summed E-state index contributed by atoms with van der Waals surface area (Å²) in [6, 6.07) is 8.36. The lowest BCUT2D eigenvalue weighted by Gasteiger charge is -2.17. The summed E-state index contributed by atoms with van der Waals surface area (Å²) in [5.41, 5.74) is 1.96. The zero-order valence-corrected chi connectivity index (χ0v) is 20.9. The smallest absolute Gasteiger partial charge is 0.310 e. The summed E-state index contributed by atoms with van der Waals surface area (Å²) in [7, 11) is 0. The van der Waals surface area contributed by atoms with Gasteiger partial charge in [-0.05, 0) is 56.0 Å². The molecule has 0 fully saturated rings. The van der Waals surface area contributed by atoms with Crippen LogP contribution in [0.3, 0.4) is 0 Å². The highest BCUT2D eigenvalue weighted by atomic mass is 35.5. The SMILES string of the molecule is CCCc1c(OCCCSc2ccc(C(C)C(=O)O)cc2Cl)ccc(C(CCC)N=O)c1O. The Hall–Kier alpha value is -2.25. The molecule has 0 saturated heterocycles. The summed E-state index contributed by atoms with van der Waals surface area (Å²) in [6.45, 7) is 6.11. The van der Waals surface area contributed by atoms with E-state index >= 15 is 0 Å². The number of hydrogen-bond donors (Lipinski definition) is 2. The fourth-order valence-corrected chi connectivity index (χ4v) is 4.74. The van der Waals surface area contributed by atoms with Gasteiger partial charge in [0.1, 0.15) is 17.5 Å². The van der Waals surface area contributed by atoms with Crippen LogP contribution in [-0.4, -0.2) is 28.5 Å². The number of carboxylic acids is 1. The first-order valence-corrected chi connectivity index (χ1v) is 12.6. The third kappa shape index (κ3) is 7.37. The normalized spacial score (nSPS) is 12.8. The molecule has 0 radical (unpaired) electrons. The molecule has 0 aliphatic carbocycles. The fraction of sp³-hybridized carbons (Fsp3) is 0.480. The summed E-state index contributed by atoms with van der Waals surface area (Å²) in [6.07, 6.45) is 3.65.